The van der Waals surface area contributed by atoms with E-state index in [0.29, 0.717) is 6.42 Å². The Kier molecular flexibility index (Phi) is 10.2. The predicted molar refractivity (Wildman–Crippen MR) is 136 cm³/mol. The van der Waals surface area contributed by atoms with Gasteiger partial charge in [0.25, 0.3) is 0 Å². The van der Waals surface area contributed by atoms with Crippen molar-refractivity contribution in [3.8, 4) is 0 Å². The Balaban J connectivity index is 2.34. The fourth-order valence-corrected chi connectivity index (χ4v) is 5.12. The highest BCUT2D eigenvalue weighted by Gasteiger charge is 2.45. The van der Waals surface area contributed by atoms with Crippen LogP contribution in [0.1, 0.15) is 77.9 Å². The summed E-state index contributed by atoms with van der Waals surface area (Å²) in [6.07, 6.45) is 6.51. The van der Waals surface area contributed by atoms with Gasteiger partial charge in [0.05, 0.1) is 34.2 Å². The fourth-order valence-electron chi connectivity index (χ4n) is 4.55. The predicted octanol–water partition coefficient (Wildman–Crippen LogP) is 5.12. The van der Waals surface area contributed by atoms with E-state index in [1.165, 1.54) is 0 Å². The quantitative estimate of drug-likeness (QED) is 0.440. The fraction of sp³-hybridized carbons (Fsp3) is 0.667. The van der Waals surface area contributed by atoms with Crippen molar-refractivity contribution < 1.29 is 24.5 Å². The molecule has 0 fully saturated rings. The van der Waals surface area contributed by atoms with Crippen LogP contribution in [0, 0.1) is 30.1 Å². The van der Waals surface area contributed by atoms with E-state index < -0.39 is 41.5 Å². The smallest absolute Gasteiger partial charge is 0.311 e. The van der Waals surface area contributed by atoms with Crippen LogP contribution in [0.3, 0.4) is 0 Å². The van der Waals surface area contributed by atoms with Crippen LogP contribution in [-0.4, -0.2) is 45.3 Å². The number of aromatic nitrogens is 1. The molecule has 6 nitrogen and oxygen atoms in total. The third-order valence-electron chi connectivity index (χ3n) is 7.05. The largest absolute Gasteiger partial charge is 0.457 e. The van der Waals surface area contributed by atoms with Gasteiger partial charge in [0.15, 0.2) is 0 Å². The van der Waals surface area contributed by atoms with Gasteiger partial charge < -0.3 is 14.9 Å². The molecule has 0 bridgehead atoms. The van der Waals surface area contributed by atoms with Crippen molar-refractivity contribution in [1.29, 1.82) is 0 Å². The number of ketones is 1. The number of aryl methyl sites for hydroxylation is 1. The maximum Gasteiger partial charge on any atom is 0.311 e. The van der Waals surface area contributed by atoms with Gasteiger partial charge in [-0.1, -0.05) is 39.8 Å². The molecule has 0 aliphatic carbocycles. The number of rotatable bonds is 2. The zero-order valence-electron chi connectivity index (χ0n) is 21.6. The number of hydrogen-bond acceptors (Lipinski definition) is 7. The van der Waals surface area contributed by atoms with Crippen LogP contribution in [0.25, 0.3) is 6.08 Å². The second-order valence-corrected chi connectivity index (χ2v) is 11.4. The molecule has 1 aromatic rings. The van der Waals surface area contributed by atoms with Gasteiger partial charge in [0, 0.05) is 17.7 Å². The first-order valence-electron chi connectivity index (χ1n) is 12.2. The first-order valence-corrected chi connectivity index (χ1v) is 13.1. The van der Waals surface area contributed by atoms with E-state index in [4.69, 9.17) is 4.74 Å². The van der Waals surface area contributed by atoms with Crippen molar-refractivity contribution in [2.24, 2.45) is 23.2 Å². The van der Waals surface area contributed by atoms with Gasteiger partial charge in [-0.3, -0.25) is 9.59 Å². The number of carbonyl (C=O) groups is 2. The normalized spacial score (nSPS) is 33.4. The van der Waals surface area contributed by atoms with Crippen LogP contribution in [0.2, 0.25) is 0 Å². The second-order valence-electron chi connectivity index (χ2n) is 10.3. The molecule has 0 radical (unpaired) electrons. The Labute approximate surface area is 208 Å². The Morgan fingerprint density at radius 2 is 1.85 bits per heavy atom. The molecule has 7 heteroatoms. The molecule has 6 atom stereocenters. The van der Waals surface area contributed by atoms with Gasteiger partial charge >= 0.3 is 5.97 Å². The molecule has 1 aliphatic heterocycles. The lowest BCUT2D eigenvalue weighted by molar-refractivity contribution is -0.161. The molecule has 1 aromatic heterocycles. The molecule has 0 saturated heterocycles. The lowest BCUT2D eigenvalue weighted by Crippen LogP contribution is -2.49. The van der Waals surface area contributed by atoms with E-state index in [1.807, 2.05) is 38.3 Å². The molecular formula is C27H41NO5S. The van der Waals surface area contributed by atoms with Crippen molar-refractivity contribution in [3.63, 3.8) is 0 Å². The average Bonchev–Trinajstić information content (AvgIpc) is 3.20. The highest BCUT2D eigenvalue weighted by Crippen LogP contribution is 2.34. The third-order valence-corrected chi connectivity index (χ3v) is 7.85. The summed E-state index contributed by atoms with van der Waals surface area (Å²) in [6.45, 7) is 12.4. The SMILES string of the molecule is C/C(=C\c1csc(C)n1)[C@@H]1C/C=C\CCCC(C)[C@H](O)[C@@H](C)C(=O)C(C)(C)[C@@H](O)C(C)C(=O)O1. The zero-order chi connectivity index (χ0) is 25.6. The number of nitrogens with zero attached hydrogens (tertiary/aromatic N) is 1. The summed E-state index contributed by atoms with van der Waals surface area (Å²) in [5.41, 5.74) is 0.480. The molecule has 0 amide bonds. The zero-order valence-corrected chi connectivity index (χ0v) is 22.4. The van der Waals surface area contributed by atoms with Crippen LogP contribution >= 0.6 is 11.3 Å². The van der Waals surface area contributed by atoms with Crippen LogP contribution in [0.4, 0.5) is 0 Å². The monoisotopic (exact) mass is 491 g/mol. The van der Waals surface area contributed by atoms with Crippen molar-refractivity contribution in [3.05, 3.63) is 33.8 Å². The van der Waals surface area contributed by atoms with Crippen LogP contribution in [0.5, 0.6) is 0 Å². The summed E-state index contributed by atoms with van der Waals surface area (Å²) < 4.78 is 5.86. The van der Waals surface area contributed by atoms with Gasteiger partial charge in [0.2, 0.25) is 0 Å². The van der Waals surface area contributed by atoms with Crippen LogP contribution < -0.4 is 0 Å². The number of ether oxygens (including phenoxy) is 1. The topological polar surface area (TPSA) is 96.7 Å². The highest BCUT2D eigenvalue weighted by molar-refractivity contribution is 7.09. The first kappa shape index (κ1) is 28.4. The molecule has 2 heterocycles. The molecule has 0 spiro atoms. The van der Waals surface area contributed by atoms with E-state index in [-0.39, 0.29) is 11.7 Å². The number of esters is 1. The Hall–Kier alpha value is -1.83. The van der Waals surface area contributed by atoms with Gasteiger partial charge in [0.1, 0.15) is 11.9 Å². The van der Waals surface area contributed by atoms with Crippen LogP contribution in [0.15, 0.2) is 23.1 Å². The van der Waals surface area contributed by atoms with Gasteiger partial charge in [-0.05, 0) is 57.6 Å². The van der Waals surface area contributed by atoms with Crippen molar-refractivity contribution in [2.45, 2.75) is 92.5 Å². The summed E-state index contributed by atoms with van der Waals surface area (Å²) >= 11 is 1.56. The minimum absolute atomic E-state index is 0.0462. The number of hydrogen-bond donors (Lipinski definition) is 2. The minimum Gasteiger partial charge on any atom is -0.457 e. The van der Waals surface area contributed by atoms with Gasteiger partial charge in [-0.15, -0.1) is 11.3 Å². The summed E-state index contributed by atoms with van der Waals surface area (Å²) in [6, 6.07) is 0. The molecule has 34 heavy (non-hydrogen) atoms. The van der Waals surface area contributed by atoms with Crippen LogP contribution in [-0.2, 0) is 14.3 Å². The molecule has 0 aromatic carbocycles. The number of aliphatic hydroxyl groups is 2. The minimum atomic E-state index is -1.24. The maximum absolute atomic E-state index is 13.3. The van der Waals surface area contributed by atoms with Crippen molar-refractivity contribution in [1.82, 2.24) is 4.98 Å². The van der Waals surface area contributed by atoms with E-state index in [9.17, 15) is 19.8 Å². The Morgan fingerprint density at radius 3 is 2.47 bits per heavy atom. The summed E-state index contributed by atoms with van der Waals surface area (Å²) in [5, 5.41) is 24.7. The van der Waals surface area contributed by atoms with E-state index >= 15 is 0 Å². The molecule has 0 saturated carbocycles. The summed E-state index contributed by atoms with van der Waals surface area (Å²) in [7, 11) is 0. The number of allylic oxidation sites excluding steroid dienone is 1. The summed E-state index contributed by atoms with van der Waals surface area (Å²) in [5.74, 6) is -2.41. The first-order chi connectivity index (χ1) is 15.9. The van der Waals surface area contributed by atoms with Crippen molar-refractivity contribution >= 4 is 29.2 Å². The number of thiazole rings is 1. The standard InChI is InChI=1S/C27H41NO5S/c1-16-12-10-8-9-11-13-22(17(2)14-21-15-34-20(5)28-21)33-26(32)19(4)25(31)27(6,7)24(30)18(3)23(16)29/h9,11,14-16,18-19,22-23,25,29,31H,8,10,12-13H2,1-7H3/b11-9-,17-14+/t16?,18-,19?,22+,23+,25+/m1/s1. The number of carbonyl (C=O) groups excluding carboxylic acids is 2. The van der Waals surface area contributed by atoms with E-state index in [0.717, 1.165) is 35.5 Å². The second kappa shape index (κ2) is 12.2. The summed E-state index contributed by atoms with van der Waals surface area (Å²) in [4.78, 5) is 30.8. The number of Topliss-reactive ketones (excluding diaryl/α,β-unsaturated/α-hetero) is 1. The Morgan fingerprint density at radius 1 is 1.18 bits per heavy atom. The maximum atomic E-state index is 13.3. The molecule has 2 rings (SSSR count). The molecule has 2 unspecified atom stereocenters. The lowest BCUT2D eigenvalue weighted by Gasteiger charge is -2.36. The van der Waals surface area contributed by atoms with Gasteiger partial charge in [-0.25, -0.2) is 4.98 Å². The number of aliphatic hydroxyl groups excluding tert-OH is 2. The van der Waals surface area contributed by atoms with E-state index in [2.05, 4.69) is 11.1 Å². The Bertz CT molecular complexity index is 903. The molecule has 190 valence electrons. The average molecular weight is 492 g/mol. The third kappa shape index (κ3) is 7.09. The molecule has 2 N–H and O–H groups in total. The lowest BCUT2D eigenvalue weighted by atomic mass is 9.71. The number of cyclic esters (lactones) is 1. The molecule has 1 aliphatic rings. The highest BCUT2D eigenvalue weighted by atomic mass is 32.1. The van der Waals surface area contributed by atoms with E-state index in [1.54, 1.807) is 39.0 Å². The van der Waals surface area contributed by atoms with Gasteiger partial charge in [-0.2, -0.15) is 0 Å². The molecular weight excluding hydrogens is 450 g/mol. The van der Waals surface area contributed by atoms with Crippen molar-refractivity contribution in [2.75, 3.05) is 0 Å².